The van der Waals surface area contributed by atoms with Gasteiger partial charge in [-0.3, -0.25) is 4.79 Å². The zero-order valence-corrected chi connectivity index (χ0v) is 16.4. The maximum Gasteiger partial charge on any atom is 0.242 e. The molecule has 2 aromatic rings. The maximum atomic E-state index is 12.3. The molecule has 136 valence electrons. The van der Waals surface area contributed by atoms with Gasteiger partial charge < -0.3 is 5.32 Å². The van der Waals surface area contributed by atoms with Gasteiger partial charge in [0.2, 0.25) is 15.9 Å². The second-order valence-corrected chi connectivity index (χ2v) is 7.97. The van der Waals surface area contributed by atoms with E-state index >= 15 is 0 Å². The highest BCUT2D eigenvalue weighted by atomic mass is 35.5. The van der Waals surface area contributed by atoms with Crippen LogP contribution < -0.4 is 10.0 Å². The molecule has 2 aromatic carbocycles. The summed E-state index contributed by atoms with van der Waals surface area (Å²) in [6.07, 6.45) is 0. The fourth-order valence-corrected chi connectivity index (χ4v) is 3.79. The molecule has 0 spiro atoms. The van der Waals surface area contributed by atoms with Gasteiger partial charge in [-0.2, -0.15) is 4.72 Å². The number of anilines is 1. The molecule has 0 fully saturated rings. The number of sulfonamides is 1. The second-order valence-electron chi connectivity index (χ2n) is 5.42. The van der Waals surface area contributed by atoms with Crippen molar-refractivity contribution < 1.29 is 13.2 Å². The highest BCUT2D eigenvalue weighted by Gasteiger charge is 2.18. The number of aryl methyl sites for hydroxylation is 1. The number of hydrogen-bond donors (Lipinski definition) is 2. The number of carbonyl (C=O) groups is 1. The standard InChI is InChI=1S/C18H16Cl2N2O3S/c1-12-10-18(17(20)11-16(12)19)26(24,25)21-9-3-4-14-5-7-15(8-6-14)22-13(2)23/h5-8,10-11,21H,9H2,1-2H3,(H,22,23). The Morgan fingerprint density at radius 1 is 1.12 bits per heavy atom. The molecule has 0 saturated heterocycles. The van der Waals surface area contributed by atoms with Crippen molar-refractivity contribution >= 4 is 44.8 Å². The van der Waals surface area contributed by atoms with E-state index in [4.69, 9.17) is 23.2 Å². The summed E-state index contributed by atoms with van der Waals surface area (Å²) in [4.78, 5) is 10.9. The Balaban J connectivity index is 2.04. The molecule has 0 heterocycles. The summed E-state index contributed by atoms with van der Waals surface area (Å²) >= 11 is 11.9. The number of nitrogens with one attached hydrogen (secondary N) is 2. The highest BCUT2D eigenvalue weighted by molar-refractivity contribution is 7.89. The third-order valence-electron chi connectivity index (χ3n) is 3.29. The normalized spacial score (nSPS) is 10.8. The Bertz CT molecular complexity index is 992. The minimum absolute atomic E-state index is 0.0393. The number of rotatable bonds is 4. The van der Waals surface area contributed by atoms with Crippen LogP contribution in [-0.4, -0.2) is 20.9 Å². The number of benzene rings is 2. The predicted molar refractivity (Wildman–Crippen MR) is 104 cm³/mol. The van der Waals surface area contributed by atoms with Crippen LogP contribution in [0.4, 0.5) is 5.69 Å². The van der Waals surface area contributed by atoms with E-state index in [9.17, 15) is 13.2 Å². The van der Waals surface area contributed by atoms with Crippen LogP contribution in [0.5, 0.6) is 0 Å². The van der Waals surface area contributed by atoms with Gasteiger partial charge in [-0.1, -0.05) is 35.0 Å². The summed E-state index contributed by atoms with van der Waals surface area (Å²) < 4.78 is 27.0. The molecule has 0 unspecified atom stereocenters. The largest absolute Gasteiger partial charge is 0.326 e. The molecule has 0 aliphatic heterocycles. The van der Waals surface area contributed by atoms with Crippen molar-refractivity contribution in [2.75, 3.05) is 11.9 Å². The van der Waals surface area contributed by atoms with Gasteiger partial charge >= 0.3 is 0 Å². The highest BCUT2D eigenvalue weighted by Crippen LogP contribution is 2.27. The Morgan fingerprint density at radius 2 is 1.77 bits per heavy atom. The zero-order chi connectivity index (χ0) is 19.3. The van der Waals surface area contributed by atoms with E-state index in [-0.39, 0.29) is 22.4 Å². The molecule has 0 aliphatic rings. The summed E-state index contributed by atoms with van der Waals surface area (Å²) in [7, 11) is -3.80. The zero-order valence-electron chi connectivity index (χ0n) is 14.1. The first-order valence-corrected chi connectivity index (χ1v) is 9.75. The lowest BCUT2D eigenvalue weighted by Gasteiger charge is -2.08. The first-order valence-electron chi connectivity index (χ1n) is 7.51. The van der Waals surface area contributed by atoms with E-state index in [0.29, 0.717) is 21.8 Å². The molecule has 1 amide bonds. The van der Waals surface area contributed by atoms with Crippen molar-refractivity contribution in [1.82, 2.24) is 4.72 Å². The van der Waals surface area contributed by atoms with E-state index in [0.717, 1.165) is 0 Å². The number of carbonyl (C=O) groups excluding carboxylic acids is 1. The Kier molecular flexibility index (Phi) is 6.68. The van der Waals surface area contributed by atoms with Crippen LogP contribution in [0, 0.1) is 18.8 Å². The lowest BCUT2D eigenvalue weighted by atomic mass is 10.2. The van der Waals surface area contributed by atoms with E-state index < -0.39 is 10.0 Å². The van der Waals surface area contributed by atoms with Gasteiger partial charge in [0, 0.05) is 23.2 Å². The minimum atomic E-state index is -3.80. The van der Waals surface area contributed by atoms with E-state index in [1.807, 2.05) is 0 Å². The molecular weight excluding hydrogens is 395 g/mol. The SMILES string of the molecule is CC(=O)Nc1ccc(C#CCNS(=O)(=O)c2cc(C)c(Cl)cc2Cl)cc1. The molecule has 2 N–H and O–H groups in total. The van der Waals surface area contributed by atoms with Gasteiger partial charge in [0.1, 0.15) is 4.90 Å². The number of hydrogen-bond acceptors (Lipinski definition) is 3. The van der Waals surface area contributed by atoms with Gasteiger partial charge in [-0.15, -0.1) is 0 Å². The second kappa shape index (κ2) is 8.56. The molecule has 5 nitrogen and oxygen atoms in total. The Hall–Kier alpha value is -2.04. The van der Waals surface area contributed by atoms with Crippen molar-refractivity contribution in [1.29, 1.82) is 0 Å². The van der Waals surface area contributed by atoms with Crippen molar-refractivity contribution in [2.45, 2.75) is 18.7 Å². The number of halogens is 2. The topological polar surface area (TPSA) is 75.3 Å². The van der Waals surface area contributed by atoms with Crippen LogP contribution in [-0.2, 0) is 14.8 Å². The van der Waals surface area contributed by atoms with Crippen molar-refractivity contribution in [3.63, 3.8) is 0 Å². The lowest BCUT2D eigenvalue weighted by Crippen LogP contribution is -2.24. The quantitative estimate of drug-likeness (QED) is 0.756. The van der Waals surface area contributed by atoms with Crippen molar-refractivity contribution in [3.8, 4) is 11.8 Å². The average Bonchev–Trinajstić information content (AvgIpc) is 2.56. The predicted octanol–water partition coefficient (Wildman–Crippen LogP) is 3.59. The molecule has 0 radical (unpaired) electrons. The van der Waals surface area contributed by atoms with Crippen LogP contribution in [0.1, 0.15) is 18.1 Å². The van der Waals surface area contributed by atoms with Gasteiger partial charge in [0.25, 0.3) is 0 Å². The first-order chi connectivity index (χ1) is 12.2. The number of amides is 1. The average molecular weight is 411 g/mol. The van der Waals surface area contributed by atoms with E-state index in [1.54, 1.807) is 31.2 Å². The molecular formula is C18H16Cl2N2O3S. The molecule has 2 rings (SSSR count). The van der Waals surface area contributed by atoms with Gasteiger partial charge in [0.05, 0.1) is 11.6 Å². The fourth-order valence-electron chi connectivity index (χ4n) is 2.03. The maximum absolute atomic E-state index is 12.3. The van der Waals surface area contributed by atoms with Crippen LogP contribution in [0.3, 0.4) is 0 Å². The Labute approximate surface area is 162 Å². The monoisotopic (exact) mass is 410 g/mol. The molecule has 0 bridgehead atoms. The molecule has 0 atom stereocenters. The summed E-state index contributed by atoms with van der Waals surface area (Å²) in [5, 5.41) is 3.10. The van der Waals surface area contributed by atoms with Gasteiger partial charge in [-0.05, 0) is 48.9 Å². The lowest BCUT2D eigenvalue weighted by molar-refractivity contribution is -0.114. The third-order valence-corrected chi connectivity index (χ3v) is 5.56. The molecule has 26 heavy (non-hydrogen) atoms. The summed E-state index contributed by atoms with van der Waals surface area (Å²) in [6.45, 7) is 3.05. The first kappa shape index (κ1) is 20.3. The van der Waals surface area contributed by atoms with Crippen molar-refractivity contribution in [3.05, 3.63) is 57.6 Å². The van der Waals surface area contributed by atoms with Gasteiger partial charge in [0.15, 0.2) is 0 Å². The summed E-state index contributed by atoms with van der Waals surface area (Å²) in [5.74, 6) is 5.42. The minimum Gasteiger partial charge on any atom is -0.326 e. The molecule has 0 aromatic heterocycles. The van der Waals surface area contributed by atoms with Gasteiger partial charge in [-0.25, -0.2) is 8.42 Å². The van der Waals surface area contributed by atoms with Crippen LogP contribution in [0.25, 0.3) is 0 Å². The van der Waals surface area contributed by atoms with E-state index in [1.165, 1.54) is 19.1 Å². The van der Waals surface area contributed by atoms with Crippen LogP contribution in [0.2, 0.25) is 10.0 Å². The third kappa shape index (κ3) is 5.48. The fraction of sp³-hybridized carbons (Fsp3) is 0.167. The summed E-state index contributed by atoms with van der Waals surface area (Å²) in [6, 6.07) is 9.70. The van der Waals surface area contributed by atoms with Crippen LogP contribution >= 0.6 is 23.2 Å². The molecule has 0 aliphatic carbocycles. The van der Waals surface area contributed by atoms with Crippen molar-refractivity contribution in [2.24, 2.45) is 0 Å². The Morgan fingerprint density at radius 3 is 2.38 bits per heavy atom. The van der Waals surface area contributed by atoms with E-state index in [2.05, 4.69) is 21.9 Å². The molecule has 8 heteroatoms. The molecule has 0 saturated carbocycles. The van der Waals surface area contributed by atoms with Crippen LogP contribution in [0.15, 0.2) is 41.3 Å². The smallest absolute Gasteiger partial charge is 0.242 e. The summed E-state index contributed by atoms with van der Waals surface area (Å²) in [5.41, 5.74) is 1.97.